The van der Waals surface area contributed by atoms with Crippen LogP contribution in [-0.4, -0.2) is 33.3 Å². The minimum absolute atomic E-state index is 0.184. The first-order chi connectivity index (χ1) is 11.5. The molecule has 0 unspecified atom stereocenters. The molecule has 0 aromatic carbocycles. The fourth-order valence-corrected chi connectivity index (χ4v) is 3.04. The molecule has 0 aliphatic carbocycles. The topological polar surface area (TPSA) is 69.6 Å². The van der Waals surface area contributed by atoms with Crippen molar-refractivity contribution >= 4 is 0 Å². The summed E-state index contributed by atoms with van der Waals surface area (Å²) < 4.78 is 13.8. The molecule has 0 spiro atoms. The summed E-state index contributed by atoms with van der Waals surface area (Å²) in [7, 11) is 3.18. The standard InChI is InChI=1S/C17H23N3O4/c1-18-13(9-16(21)19(2)17(18)22)10-20(11-14-5-3-7-23-14)12-15-6-4-8-24-15/h3,5,7,9,15H,4,6,8,10-12H2,1-2H3/t15-/m1/s1. The predicted molar refractivity (Wildman–Crippen MR) is 88.7 cm³/mol. The van der Waals surface area contributed by atoms with Crippen LogP contribution in [0.3, 0.4) is 0 Å². The van der Waals surface area contributed by atoms with Gasteiger partial charge in [0.1, 0.15) is 5.76 Å². The van der Waals surface area contributed by atoms with Crippen LogP contribution in [0.1, 0.15) is 24.3 Å². The second kappa shape index (κ2) is 7.19. The van der Waals surface area contributed by atoms with Gasteiger partial charge >= 0.3 is 5.69 Å². The lowest BCUT2D eigenvalue weighted by molar-refractivity contribution is 0.0645. The van der Waals surface area contributed by atoms with Crippen molar-refractivity contribution in [2.75, 3.05) is 13.2 Å². The number of hydrogen-bond acceptors (Lipinski definition) is 5. The van der Waals surface area contributed by atoms with E-state index < -0.39 is 0 Å². The first kappa shape index (κ1) is 16.7. The highest BCUT2D eigenvalue weighted by atomic mass is 16.5. The molecule has 3 rings (SSSR count). The Bertz CT molecular complexity index is 785. The summed E-state index contributed by atoms with van der Waals surface area (Å²) in [5, 5.41) is 0. The second-order valence-corrected chi connectivity index (χ2v) is 6.26. The summed E-state index contributed by atoms with van der Waals surface area (Å²) in [6.45, 7) is 2.63. The summed E-state index contributed by atoms with van der Waals surface area (Å²) in [4.78, 5) is 26.2. The van der Waals surface area contributed by atoms with Gasteiger partial charge in [-0.2, -0.15) is 0 Å². The largest absolute Gasteiger partial charge is 0.468 e. The highest BCUT2D eigenvalue weighted by Gasteiger charge is 2.21. The van der Waals surface area contributed by atoms with Crippen LogP contribution < -0.4 is 11.2 Å². The van der Waals surface area contributed by atoms with E-state index in [-0.39, 0.29) is 17.4 Å². The Labute approximate surface area is 140 Å². The van der Waals surface area contributed by atoms with Crippen LogP contribution in [0, 0.1) is 0 Å². The van der Waals surface area contributed by atoms with Crippen LogP contribution in [0.5, 0.6) is 0 Å². The molecule has 130 valence electrons. The van der Waals surface area contributed by atoms with E-state index in [0.717, 1.165) is 36.3 Å². The molecule has 0 radical (unpaired) electrons. The summed E-state index contributed by atoms with van der Waals surface area (Å²) >= 11 is 0. The molecular weight excluding hydrogens is 310 g/mol. The zero-order chi connectivity index (χ0) is 17.1. The molecule has 2 aromatic heterocycles. The first-order valence-corrected chi connectivity index (χ1v) is 8.17. The van der Waals surface area contributed by atoms with E-state index in [1.54, 1.807) is 13.3 Å². The van der Waals surface area contributed by atoms with E-state index in [1.165, 1.54) is 17.7 Å². The van der Waals surface area contributed by atoms with Crippen LogP contribution in [0.25, 0.3) is 0 Å². The van der Waals surface area contributed by atoms with Gasteiger partial charge in [0, 0.05) is 45.6 Å². The van der Waals surface area contributed by atoms with Crippen molar-refractivity contribution in [3.8, 4) is 0 Å². The average molecular weight is 333 g/mol. The lowest BCUT2D eigenvalue weighted by atomic mass is 10.2. The lowest BCUT2D eigenvalue weighted by Gasteiger charge is -2.25. The molecule has 0 N–H and O–H groups in total. The molecule has 7 nitrogen and oxygen atoms in total. The summed E-state index contributed by atoms with van der Waals surface area (Å²) in [6.07, 6.45) is 3.94. The molecule has 7 heteroatoms. The fraction of sp³-hybridized carbons (Fsp3) is 0.529. The molecule has 0 saturated carbocycles. The zero-order valence-corrected chi connectivity index (χ0v) is 14.1. The molecule has 0 amide bonds. The van der Waals surface area contributed by atoms with Gasteiger partial charge in [0.15, 0.2) is 0 Å². The monoisotopic (exact) mass is 333 g/mol. The molecule has 1 aliphatic heterocycles. The minimum atomic E-state index is -0.312. The minimum Gasteiger partial charge on any atom is -0.468 e. The van der Waals surface area contributed by atoms with E-state index >= 15 is 0 Å². The van der Waals surface area contributed by atoms with Crippen LogP contribution in [-0.2, 0) is 31.9 Å². The number of nitrogens with zero attached hydrogens (tertiary/aromatic N) is 3. The van der Waals surface area contributed by atoms with Gasteiger partial charge in [0.2, 0.25) is 0 Å². The Hall–Kier alpha value is -2.12. The van der Waals surface area contributed by atoms with Crippen LogP contribution in [0.15, 0.2) is 38.5 Å². The third-order valence-corrected chi connectivity index (χ3v) is 4.46. The number of furan rings is 1. The molecule has 0 bridgehead atoms. The smallest absolute Gasteiger partial charge is 0.330 e. The van der Waals surface area contributed by atoms with Crippen molar-refractivity contribution in [3.63, 3.8) is 0 Å². The van der Waals surface area contributed by atoms with Gasteiger partial charge < -0.3 is 9.15 Å². The Balaban J connectivity index is 1.82. The number of aromatic nitrogens is 2. The van der Waals surface area contributed by atoms with Crippen LogP contribution in [0.4, 0.5) is 0 Å². The Morgan fingerprint density at radius 2 is 2.08 bits per heavy atom. The van der Waals surface area contributed by atoms with Crippen molar-refractivity contribution in [2.45, 2.75) is 32.0 Å². The van der Waals surface area contributed by atoms with E-state index in [2.05, 4.69) is 4.90 Å². The van der Waals surface area contributed by atoms with Gasteiger partial charge in [-0.3, -0.25) is 18.8 Å². The van der Waals surface area contributed by atoms with Gasteiger partial charge in [0.05, 0.1) is 18.9 Å². The number of rotatable bonds is 6. The molecular formula is C17H23N3O4. The maximum atomic E-state index is 12.1. The third-order valence-electron chi connectivity index (χ3n) is 4.46. The van der Waals surface area contributed by atoms with Crippen molar-refractivity contribution in [3.05, 3.63) is 56.8 Å². The number of ether oxygens (including phenoxy) is 1. The maximum Gasteiger partial charge on any atom is 0.330 e. The van der Waals surface area contributed by atoms with Crippen molar-refractivity contribution in [1.82, 2.24) is 14.0 Å². The number of hydrogen-bond donors (Lipinski definition) is 0. The Morgan fingerprint density at radius 1 is 1.25 bits per heavy atom. The van der Waals surface area contributed by atoms with E-state index in [4.69, 9.17) is 9.15 Å². The van der Waals surface area contributed by atoms with Gasteiger partial charge in [-0.05, 0) is 25.0 Å². The van der Waals surface area contributed by atoms with Gasteiger partial charge in [-0.25, -0.2) is 4.79 Å². The quantitative estimate of drug-likeness (QED) is 0.784. The molecule has 2 aromatic rings. The lowest BCUT2D eigenvalue weighted by Crippen LogP contribution is -2.40. The van der Waals surface area contributed by atoms with Crippen LogP contribution in [0.2, 0.25) is 0 Å². The first-order valence-electron chi connectivity index (χ1n) is 8.17. The van der Waals surface area contributed by atoms with E-state index in [0.29, 0.717) is 18.8 Å². The molecule has 1 saturated heterocycles. The summed E-state index contributed by atoms with van der Waals surface area (Å²) in [5.74, 6) is 0.849. The van der Waals surface area contributed by atoms with E-state index in [1.807, 2.05) is 12.1 Å². The van der Waals surface area contributed by atoms with E-state index in [9.17, 15) is 9.59 Å². The fourth-order valence-electron chi connectivity index (χ4n) is 3.04. The van der Waals surface area contributed by atoms with Crippen molar-refractivity contribution < 1.29 is 9.15 Å². The van der Waals surface area contributed by atoms with Gasteiger partial charge in [-0.1, -0.05) is 0 Å². The zero-order valence-electron chi connectivity index (χ0n) is 14.1. The summed E-state index contributed by atoms with van der Waals surface area (Å²) in [6, 6.07) is 5.30. The molecule has 1 aliphatic rings. The second-order valence-electron chi connectivity index (χ2n) is 6.26. The normalized spacial score (nSPS) is 17.7. The van der Waals surface area contributed by atoms with Gasteiger partial charge in [0.25, 0.3) is 5.56 Å². The Kier molecular flexibility index (Phi) is 5.01. The molecule has 1 fully saturated rings. The summed E-state index contributed by atoms with van der Waals surface area (Å²) in [5.41, 5.74) is 0.0865. The molecule has 24 heavy (non-hydrogen) atoms. The average Bonchev–Trinajstić information content (AvgIpc) is 3.24. The maximum absolute atomic E-state index is 12.1. The Morgan fingerprint density at radius 3 is 2.75 bits per heavy atom. The highest BCUT2D eigenvalue weighted by Crippen LogP contribution is 2.16. The van der Waals surface area contributed by atoms with Crippen LogP contribution >= 0.6 is 0 Å². The highest BCUT2D eigenvalue weighted by molar-refractivity contribution is 5.04. The molecule has 1 atom stereocenters. The van der Waals surface area contributed by atoms with Crippen molar-refractivity contribution in [2.24, 2.45) is 14.1 Å². The predicted octanol–water partition coefficient (Wildman–Crippen LogP) is 0.858. The SMILES string of the molecule is Cn1c(CN(Cc2ccco2)C[C@H]2CCCO2)cc(=O)n(C)c1=O. The molecule has 3 heterocycles. The third kappa shape index (κ3) is 3.68. The van der Waals surface area contributed by atoms with Crippen molar-refractivity contribution in [1.29, 1.82) is 0 Å². The van der Waals surface area contributed by atoms with Gasteiger partial charge in [-0.15, -0.1) is 0 Å².